The Kier molecular flexibility index (Phi) is 6.39. The summed E-state index contributed by atoms with van der Waals surface area (Å²) in [5.74, 6) is 1.25. The summed E-state index contributed by atoms with van der Waals surface area (Å²) in [5.41, 5.74) is 4.22. The third-order valence-electron chi connectivity index (χ3n) is 6.65. The number of rotatable bonds is 7. The molecule has 2 aromatic heterocycles. The number of carbonyl (C=O) groups excluding carboxylic acids is 1. The smallest absolute Gasteiger partial charge is 0.271 e. The monoisotopic (exact) mass is 445 g/mol. The van der Waals surface area contributed by atoms with Crippen LogP contribution in [0.4, 0.5) is 0 Å². The number of nitrogens with one attached hydrogen (secondary N) is 1. The SMILES string of the molecule is Cc1ccc(CN2CCC(CNC(=O)c3cc4n(n3)C[C@@H](Oc3ccncc3)C4)CC2)cc1. The maximum absolute atomic E-state index is 12.7. The number of hydrogen-bond donors (Lipinski definition) is 1. The molecule has 0 bridgehead atoms. The minimum Gasteiger partial charge on any atom is -0.488 e. The van der Waals surface area contributed by atoms with Crippen LogP contribution in [-0.4, -0.2) is 51.3 Å². The van der Waals surface area contributed by atoms with Gasteiger partial charge in [0.25, 0.3) is 5.91 Å². The van der Waals surface area contributed by atoms with Crippen LogP contribution < -0.4 is 10.1 Å². The van der Waals surface area contributed by atoms with Crippen LogP contribution in [0, 0.1) is 12.8 Å². The van der Waals surface area contributed by atoms with Crippen molar-refractivity contribution in [2.75, 3.05) is 19.6 Å². The quantitative estimate of drug-likeness (QED) is 0.605. The van der Waals surface area contributed by atoms with Crippen molar-refractivity contribution < 1.29 is 9.53 Å². The number of aromatic nitrogens is 3. The Bertz CT molecular complexity index is 1050. The van der Waals surface area contributed by atoms with Crippen LogP contribution in [0.2, 0.25) is 0 Å². The number of fused-ring (bicyclic) bond motifs is 1. The van der Waals surface area contributed by atoms with Gasteiger partial charge in [-0.2, -0.15) is 5.10 Å². The Balaban J connectivity index is 1.05. The number of hydrogen-bond acceptors (Lipinski definition) is 5. The molecule has 5 rings (SSSR count). The van der Waals surface area contributed by atoms with Crippen molar-refractivity contribution in [3.8, 4) is 5.75 Å². The maximum Gasteiger partial charge on any atom is 0.271 e. The largest absolute Gasteiger partial charge is 0.488 e. The van der Waals surface area contributed by atoms with Crippen LogP contribution in [0.15, 0.2) is 54.9 Å². The molecule has 33 heavy (non-hydrogen) atoms. The third kappa shape index (κ3) is 5.42. The minimum atomic E-state index is -0.0782. The molecule has 1 N–H and O–H groups in total. The van der Waals surface area contributed by atoms with E-state index in [9.17, 15) is 4.79 Å². The van der Waals surface area contributed by atoms with Gasteiger partial charge in [0.05, 0.1) is 6.54 Å². The van der Waals surface area contributed by atoms with Crippen LogP contribution in [0.5, 0.6) is 5.75 Å². The van der Waals surface area contributed by atoms with Crippen molar-refractivity contribution in [2.45, 2.75) is 45.4 Å². The molecule has 7 nitrogen and oxygen atoms in total. The van der Waals surface area contributed by atoms with Gasteiger partial charge in [0, 0.05) is 37.6 Å². The number of pyridine rings is 1. The molecule has 1 atom stereocenters. The van der Waals surface area contributed by atoms with Crippen molar-refractivity contribution in [3.05, 3.63) is 77.4 Å². The summed E-state index contributed by atoms with van der Waals surface area (Å²) in [6.07, 6.45) is 6.46. The van der Waals surface area contributed by atoms with E-state index in [2.05, 4.69) is 51.5 Å². The molecule has 1 amide bonds. The van der Waals surface area contributed by atoms with Crippen molar-refractivity contribution >= 4 is 5.91 Å². The highest BCUT2D eigenvalue weighted by Crippen LogP contribution is 2.22. The van der Waals surface area contributed by atoms with Crippen LogP contribution >= 0.6 is 0 Å². The van der Waals surface area contributed by atoms with Crippen LogP contribution in [0.1, 0.15) is 40.2 Å². The molecule has 1 saturated heterocycles. The lowest BCUT2D eigenvalue weighted by molar-refractivity contribution is 0.0928. The predicted octanol–water partition coefficient (Wildman–Crippen LogP) is 3.23. The third-order valence-corrected chi connectivity index (χ3v) is 6.65. The summed E-state index contributed by atoms with van der Waals surface area (Å²) in [4.78, 5) is 19.2. The molecule has 172 valence electrons. The zero-order valence-corrected chi connectivity index (χ0v) is 19.1. The molecule has 0 radical (unpaired) electrons. The van der Waals surface area contributed by atoms with Gasteiger partial charge in [0.1, 0.15) is 17.5 Å². The second kappa shape index (κ2) is 9.75. The summed E-state index contributed by atoms with van der Waals surface area (Å²) in [7, 11) is 0. The van der Waals surface area contributed by atoms with E-state index in [4.69, 9.17) is 4.74 Å². The zero-order valence-electron chi connectivity index (χ0n) is 19.1. The summed E-state index contributed by atoms with van der Waals surface area (Å²) in [6, 6.07) is 14.4. The highest BCUT2D eigenvalue weighted by molar-refractivity contribution is 5.92. The fraction of sp³-hybridized carbons (Fsp3) is 0.423. The van der Waals surface area contributed by atoms with E-state index in [1.807, 2.05) is 22.9 Å². The number of aryl methyl sites for hydroxylation is 1. The molecule has 0 saturated carbocycles. The number of ether oxygens (including phenoxy) is 1. The van der Waals surface area contributed by atoms with Gasteiger partial charge < -0.3 is 10.1 Å². The van der Waals surface area contributed by atoms with Gasteiger partial charge >= 0.3 is 0 Å². The molecule has 0 unspecified atom stereocenters. The van der Waals surface area contributed by atoms with Gasteiger partial charge in [0.15, 0.2) is 0 Å². The first-order valence-corrected chi connectivity index (χ1v) is 11.8. The lowest BCUT2D eigenvalue weighted by Crippen LogP contribution is -2.38. The Morgan fingerprint density at radius 1 is 1.12 bits per heavy atom. The molecule has 1 aromatic carbocycles. The highest BCUT2D eigenvalue weighted by Gasteiger charge is 2.27. The van der Waals surface area contributed by atoms with Crippen molar-refractivity contribution in [1.82, 2.24) is 25.0 Å². The van der Waals surface area contributed by atoms with Gasteiger partial charge in [-0.15, -0.1) is 0 Å². The van der Waals surface area contributed by atoms with E-state index in [0.29, 0.717) is 24.7 Å². The first-order chi connectivity index (χ1) is 16.1. The van der Waals surface area contributed by atoms with Crippen LogP contribution in [0.25, 0.3) is 0 Å². The summed E-state index contributed by atoms with van der Waals surface area (Å²) in [6.45, 7) is 6.65. The number of amides is 1. The van der Waals surface area contributed by atoms with E-state index in [0.717, 1.165) is 50.3 Å². The molecule has 4 heterocycles. The number of piperidine rings is 1. The molecule has 2 aliphatic rings. The van der Waals surface area contributed by atoms with Gasteiger partial charge in [-0.1, -0.05) is 29.8 Å². The summed E-state index contributed by atoms with van der Waals surface area (Å²) >= 11 is 0. The predicted molar refractivity (Wildman–Crippen MR) is 126 cm³/mol. The topological polar surface area (TPSA) is 72.3 Å². The average molecular weight is 446 g/mol. The minimum absolute atomic E-state index is 0.0390. The molecule has 1 fully saturated rings. The molecule has 3 aromatic rings. The van der Waals surface area contributed by atoms with Crippen LogP contribution in [-0.2, 0) is 19.5 Å². The lowest BCUT2D eigenvalue weighted by atomic mass is 9.96. The maximum atomic E-state index is 12.7. The Labute approximate surface area is 194 Å². The van der Waals surface area contributed by atoms with Crippen molar-refractivity contribution in [2.24, 2.45) is 5.92 Å². The average Bonchev–Trinajstić information content (AvgIpc) is 3.39. The highest BCUT2D eigenvalue weighted by atomic mass is 16.5. The zero-order chi connectivity index (χ0) is 22.6. The molecular weight excluding hydrogens is 414 g/mol. The second-order valence-corrected chi connectivity index (χ2v) is 9.25. The van der Waals surface area contributed by atoms with Crippen molar-refractivity contribution in [1.29, 1.82) is 0 Å². The first-order valence-electron chi connectivity index (χ1n) is 11.8. The Morgan fingerprint density at radius 2 is 1.88 bits per heavy atom. The standard InChI is InChI=1S/C26H31N5O2/c1-19-2-4-21(5-3-19)17-30-12-8-20(9-13-30)16-28-26(32)25-15-22-14-24(18-31(22)29-25)33-23-6-10-27-11-7-23/h2-7,10-11,15,20,24H,8-9,12-14,16-18H2,1H3,(H,28,32)/t24-/m0/s1. The second-order valence-electron chi connectivity index (χ2n) is 9.25. The fourth-order valence-electron chi connectivity index (χ4n) is 4.70. The number of likely N-dealkylation sites (tertiary alicyclic amines) is 1. The van der Waals surface area contributed by atoms with E-state index < -0.39 is 0 Å². The van der Waals surface area contributed by atoms with E-state index in [-0.39, 0.29) is 12.0 Å². The number of benzene rings is 1. The summed E-state index contributed by atoms with van der Waals surface area (Å²) in [5, 5.41) is 7.62. The normalized spacial score (nSPS) is 18.8. The number of nitrogens with zero attached hydrogens (tertiary/aromatic N) is 4. The van der Waals surface area contributed by atoms with Gasteiger partial charge in [-0.05, 0) is 62.5 Å². The molecular formula is C26H31N5O2. The molecule has 0 spiro atoms. The molecule has 2 aliphatic heterocycles. The Hall–Kier alpha value is -3.19. The van der Waals surface area contributed by atoms with Gasteiger partial charge in [-0.25, -0.2) is 0 Å². The van der Waals surface area contributed by atoms with Crippen LogP contribution in [0.3, 0.4) is 0 Å². The van der Waals surface area contributed by atoms with E-state index in [1.165, 1.54) is 11.1 Å². The summed E-state index contributed by atoms with van der Waals surface area (Å²) < 4.78 is 7.88. The molecule has 7 heteroatoms. The van der Waals surface area contributed by atoms with E-state index in [1.54, 1.807) is 12.4 Å². The Morgan fingerprint density at radius 3 is 2.61 bits per heavy atom. The van der Waals surface area contributed by atoms with Gasteiger partial charge in [0.2, 0.25) is 0 Å². The number of carbonyl (C=O) groups is 1. The lowest BCUT2D eigenvalue weighted by Gasteiger charge is -2.32. The first kappa shape index (κ1) is 21.6. The fourth-order valence-corrected chi connectivity index (χ4v) is 4.70. The van der Waals surface area contributed by atoms with Crippen molar-refractivity contribution in [3.63, 3.8) is 0 Å². The molecule has 0 aliphatic carbocycles. The van der Waals surface area contributed by atoms with E-state index >= 15 is 0 Å². The van der Waals surface area contributed by atoms with Gasteiger partial charge in [-0.3, -0.25) is 19.4 Å².